The van der Waals surface area contributed by atoms with Crippen molar-refractivity contribution in [2.45, 2.75) is 11.5 Å². The Morgan fingerprint density at radius 1 is 1.06 bits per heavy atom. The van der Waals surface area contributed by atoms with Crippen molar-refractivity contribution in [2.75, 3.05) is 26.6 Å². The maximum atomic E-state index is 12.8. The third kappa shape index (κ3) is 4.73. The topological polar surface area (TPSA) is 109 Å². The normalized spacial score (nSPS) is 14.1. The molecule has 34 heavy (non-hydrogen) atoms. The molecule has 0 aliphatic carbocycles. The van der Waals surface area contributed by atoms with Crippen molar-refractivity contribution in [3.63, 3.8) is 0 Å². The molecule has 9 nitrogen and oxygen atoms in total. The second-order valence-electron chi connectivity index (χ2n) is 7.48. The summed E-state index contributed by atoms with van der Waals surface area (Å²) < 4.78 is 41.8. The summed E-state index contributed by atoms with van der Waals surface area (Å²) in [6.07, 6.45) is 2.91. The van der Waals surface area contributed by atoms with Crippen LogP contribution in [0.5, 0.6) is 17.2 Å². The summed E-state index contributed by atoms with van der Waals surface area (Å²) in [4.78, 5) is 12.8. The van der Waals surface area contributed by atoms with Crippen LogP contribution in [0, 0.1) is 0 Å². The van der Waals surface area contributed by atoms with Gasteiger partial charge in [0.2, 0.25) is 11.7 Å². The number of amides is 1. The summed E-state index contributed by atoms with van der Waals surface area (Å²) in [5.74, 6) is 0.815. The number of ether oxygens (including phenoxy) is 3. The number of aromatic nitrogens is 2. The van der Waals surface area contributed by atoms with Gasteiger partial charge in [0, 0.05) is 16.7 Å². The fourth-order valence-electron chi connectivity index (χ4n) is 3.67. The Kier molecular flexibility index (Phi) is 6.54. The Morgan fingerprint density at radius 2 is 1.71 bits per heavy atom. The fourth-order valence-corrected chi connectivity index (χ4v) is 5.29. The van der Waals surface area contributed by atoms with E-state index in [1.165, 1.54) is 32.1 Å². The van der Waals surface area contributed by atoms with Gasteiger partial charge in [0.25, 0.3) is 0 Å². The molecule has 0 unspecified atom stereocenters. The van der Waals surface area contributed by atoms with Gasteiger partial charge in [0.15, 0.2) is 21.3 Å². The number of hydrogen-bond acceptors (Lipinski definition) is 7. The van der Waals surface area contributed by atoms with E-state index in [-0.39, 0.29) is 11.5 Å². The van der Waals surface area contributed by atoms with Crippen LogP contribution < -0.4 is 19.5 Å². The van der Waals surface area contributed by atoms with Gasteiger partial charge in [-0.2, -0.15) is 5.10 Å². The van der Waals surface area contributed by atoms with E-state index < -0.39 is 15.7 Å². The minimum absolute atomic E-state index is 0.174. The third-order valence-electron chi connectivity index (χ3n) is 5.21. The molecule has 2 aromatic carbocycles. The van der Waals surface area contributed by atoms with E-state index in [0.29, 0.717) is 50.6 Å². The number of methoxy groups -OCH3 is 3. The zero-order chi connectivity index (χ0) is 24.5. The molecule has 1 N–H and O–H groups in total. The first-order valence-corrected chi connectivity index (χ1v) is 12.3. The standard InChI is InChI=1S/C23H22ClN3O6S/c1-31-19-10-14(11-20(32-2)22(19)33-3)4-9-21(28)25-23-17-12-34(29,30)13-18(17)26-27(23)16-7-5-15(24)6-8-16/h4-11H,12-13H2,1-3H3,(H,25,28). The van der Waals surface area contributed by atoms with Crippen LogP contribution in [0.1, 0.15) is 16.8 Å². The first-order chi connectivity index (χ1) is 16.2. The summed E-state index contributed by atoms with van der Waals surface area (Å²) in [5, 5.41) is 7.76. The first-order valence-electron chi connectivity index (χ1n) is 10.1. The van der Waals surface area contributed by atoms with Gasteiger partial charge in [-0.1, -0.05) is 11.6 Å². The number of nitrogens with one attached hydrogen (secondary N) is 1. The predicted molar refractivity (Wildman–Crippen MR) is 129 cm³/mol. The van der Waals surface area contributed by atoms with Crippen molar-refractivity contribution in [2.24, 2.45) is 0 Å². The Labute approximate surface area is 201 Å². The molecule has 0 bridgehead atoms. The van der Waals surface area contributed by atoms with Gasteiger partial charge in [0.1, 0.15) is 5.82 Å². The zero-order valence-corrected chi connectivity index (χ0v) is 20.2. The maximum absolute atomic E-state index is 12.8. The molecule has 178 valence electrons. The van der Waals surface area contributed by atoms with Crippen LogP contribution >= 0.6 is 11.6 Å². The average Bonchev–Trinajstić information content (AvgIpc) is 3.29. The molecule has 0 atom stereocenters. The summed E-state index contributed by atoms with van der Waals surface area (Å²) in [5.41, 5.74) is 2.17. The number of hydrogen-bond donors (Lipinski definition) is 1. The van der Waals surface area contributed by atoms with E-state index in [4.69, 9.17) is 25.8 Å². The molecule has 1 aromatic heterocycles. The lowest BCUT2D eigenvalue weighted by atomic mass is 10.1. The van der Waals surface area contributed by atoms with E-state index >= 15 is 0 Å². The lowest BCUT2D eigenvalue weighted by molar-refractivity contribution is -0.111. The van der Waals surface area contributed by atoms with Crippen LogP contribution in [-0.4, -0.2) is 45.4 Å². The smallest absolute Gasteiger partial charge is 0.249 e. The minimum atomic E-state index is -3.31. The van der Waals surface area contributed by atoms with Crippen LogP contribution in [-0.2, 0) is 26.1 Å². The molecule has 1 aliphatic heterocycles. The Balaban J connectivity index is 1.65. The second-order valence-corrected chi connectivity index (χ2v) is 9.98. The molecule has 1 aliphatic rings. The fraction of sp³-hybridized carbons (Fsp3) is 0.217. The van der Waals surface area contributed by atoms with Gasteiger partial charge in [-0.3, -0.25) is 4.79 Å². The lowest BCUT2D eigenvalue weighted by Crippen LogP contribution is -2.14. The van der Waals surface area contributed by atoms with E-state index in [1.54, 1.807) is 42.5 Å². The van der Waals surface area contributed by atoms with Crippen molar-refractivity contribution in [3.8, 4) is 22.9 Å². The third-order valence-corrected chi connectivity index (χ3v) is 6.91. The summed E-state index contributed by atoms with van der Waals surface area (Å²) in [6, 6.07) is 10.3. The highest BCUT2D eigenvalue weighted by atomic mass is 35.5. The van der Waals surface area contributed by atoms with Crippen molar-refractivity contribution in [3.05, 3.63) is 64.3 Å². The minimum Gasteiger partial charge on any atom is -0.493 e. The number of benzene rings is 2. The van der Waals surface area contributed by atoms with Crippen molar-refractivity contribution in [1.29, 1.82) is 0 Å². The highest BCUT2D eigenvalue weighted by Crippen LogP contribution is 2.38. The van der Waals surface area contributed by atoms with Gasteiger partial charge >= 0.3 is 0 Å². The molecule has 0 saturated carbocycles. The Bertz CT molecular complexity index is 1360. The van der Waals surface area contributed by atoms with Gasteiger partial charge in [-0.05, 0) is 48.0 Å². The number of carbonyl (C=O) groups excluding carboxylic acids is 1. The molecule has 1 amide bonds. The van der Waals surface area contributed by atoms with Crippen LogP contribution in [0.15, 0.2) is 42.5 Å². The quantitative estimate of drug-likeness (QED) is 0.490. The Hall–Kier alpha value is -3.50. The molecule has 11 heteroatoms. The number of sulfone groups is 1. The molecular weight excluding hydrogens is 482 g/mol. The van der Waals surface area contributed by atoms with Gasteiger partial charge in [-0.25, -0.2) is 13.1 Å². The van der Waals surface area contributed by atoms with E-state index in [9.17, 15) is 13.2 Å². The maximum Gasteiger partial charge on any atom is 0.249 e. The SMILES string of the molecule is COc1cc(C=CC(=O)Nc2c3c(nn2-c2ccc(Cl)cc2)CS(=O)(=O)C3)cc(OC)c1OC. The number of fused-ring (bicyclic) bond motifs is 1. The summed E-state index contributed by atoms with van der Waals surface area (Å²) in [6.45, 7) is 0. The van der Waals surface area contributed by atoms with Crippen molar-refractivity contribution < 1.29 is 27.4 Å². The second kappa shape index (κ2) is 9.40. The average molecular weight is 504 g/mol. The molecule has 0 saturated heterocycles. The highest BCUT2D eigenvalue weighted by molar-refractivity contribution is 7.90. The van der Waals surface area contributed by atoms with Crippen LogP contribution in [0.25, 0.3) is 11.8 Å². The molecule has 0 spiro atoms. The molecular formula is C23H22ClN3O6S. The number of anilines is 1. The van der Waals surface area contributed by atoms with Gasteiger partial charge < -0.3 is 19.5 Å². The van der Waals surface area contributed by atoms with Crippen molar-refractivity contribution >= 4 is 39.2 Å². The monoisotopic (exact) mass is 503 g/mol. The van der Waals surface area contributed by atoms with Gasteiger partial charge in [-0.15, -0.1) is 0 Å². The lowest BCUT2D eigenvalue weighted by Gasteiger charge is -2.13. The Morgan fingerprint density at radius 3 is 2.29 bits per heavy atom. The molecule has 3 aromatic rings. The van der Waals surface area contributed by atoms with E-state index in [0.717, 1.165) is 0 Å². The molecule has 0 radical (unpaired) electrons. The molecule has 0 fully saturated rings. The number of halogens is 1. The molecule has 4 rings (SSSR count). The van der Waals surface area contributed by atoms with Crippen LogP contribution in [0.4, 0.5) is 5.82 Å². The van der Waals surface area contributed by atoms with Crippen LogP contribution in [0.2, 0.25) is 5.02 Å². The van der Waals surface area contributed by atoms with Crippen LogP contribution in [0.3, 0.4) is 0 Å². The number of rotatable bonds is 7. The zero-order valence-electron chi connectivity index (χ0n) is 18.7. The number of nitrogens with zero attached hydrogens (tertiary/aromatic N) is 2. The summed E-state index contributed by atoms with van der Waals surface area (Å²) in [7, 11) is 1.20. The van der Waals surface area contributed by atoms with Crippen molar-refractivity contribution in [1.82, 2.24) is 9.78 Å². The van der Waals surface area contributed by atoms with E-state index in [2.05, 4.69) is 10.4 Å². The largest absolute Gasteiger partial charge is 0.493 e. The number of carbonyl (C=O) groups is 1. The van der Waals surface area contributed by atoms with E-state index in [1.807, 2.05) is 0 Å². The molecule has 2 heterocycles. The highest BCUT2D eigenvalue weighted by Gasteiger charge is 2.33. The summed E-state index contributed by atoms with van der Waals surface area (Å²) >= 11 is 5.98. The van der Waals surface area contributed by atoms with Gasteiger partial charge in [0.05, 0.1) is 44.2 Å². The first kappa shape index (κ1) is 23.7. The predicted octanol–water partition coefficient (Wildman–Crippen LogP) is 3.63.